The molecule has 0 heterocycles. The zero-order valence-corrected chi connectivity index (χ0v) is 18.4. The molecule has 0 N–H and O–H groups in total. The van der Waals surface area contributed by atoms with Gasteiger partial charge in [0, 0.05) is 0 Å². The number of carbonyl (C=O) groups excluding carboxylic acids is 3. The van der Waals surface area contributed by atoms with Crippen molar-refractivity contribution >= 4 is 88.4 Å². The van der Waals surface area contributed by atoms with Gasteiger partial charge in [-0.05, 0) is 0 Å². The van der Waals surface area contributed by atoms with Gasteiger partial charge >= 0.3 is 147 Å². The third kappa shape index (κ3) is 8.56. The monoisotopic (exact) mass is 568 g/mol. The number of hydrogen-bond acceptors (Lipinski definition) is 6. The van der Waals surface area contributed by atoms with E-state index >= 15 is 0 Å². The van der Waals surface area contributed by atoms with Crippen LogP contribution in [0.1, 0.15) is 20.8 Å². The molecule has 0 amide bonds. The van der Waals surface area contributed by atoms with Crippen LogP contribution in [0.25, 0.3) is 0 Å². The van der Waals surface area contributed by atoms with E-state index in [0.717, 1.165) is 0 Å². The minimum atomic E-state index is -3.98. The molecule has 0 aromatic heterocycles. The first kappa shape index (κ1) is 19.7. The van der Waals surface area contributed by atoms with Crippen LogP contribution in [-0.2, 0) is 22.9 Å². The number of alkyl halides is 3. The van der Waals surface area contributed by atoms with E-state index in [-0.39, 0.29) is 0 Å². The number of carbonyl (C=O) groups is 3. The molecule has 0 radical (unpaired) electrons. The minimum absolute atomic E-state index is 0.577. The van der Waals surface area contributed by atoms with Crippen LogP contribution in [0.2, 0.25) is 0 Å². The molecule has 0 aromatic carbocycles. The normalized spacial score (nSPS) is 14.8. The summed E-state index contributed by atoms with van der Waals surface area (Å²) >= 11 is 5.07. The molecule has 3 unspecified atom stereocenters. The van der Waals surface area contributed by atoms with Gasteiger partial charge in [-0.25, -0.2) is 0 Å². The first-order chi connectivity index (χ1) is 8.65. The predicted octanol–water partition coefficient (Wildman–Crippen LogP) is 1.95. The van der Waals surface area contributed by atoms with Gasteiger partial charge in [-0.15, -0.1) is 0 Å². The Morgan fingerprint density at radius 3 is 1.11 bits per heavy atom. The second-order valence-corrected chi connectivity index (χ2v) is 11.2. The number of hydrogen-bond donors (Lipinski definition) is 0. The number of rotatable bonds is 6. The molecule has 0 aliphatic rings. The van der Waals surface area contributed by atoms with Gasteiger partial charge in [0.15, 0.2) is 0 Å². The molecule has 0 aliphatic heterocycles. The van der Waals surface area contributed by atoms with Gasteiger partial charge in [-0.3, -0.25) is 0 Å². The summed E-state index contributed by atoms with van der Waals surface area (Å²) in [6.45, 7) is 4.65. The van der Waals surface area contributed by atoms with Crippen LogP contribution in [0.15, 0.2) is 0 Å². The van der Waals surface area contributed by atoms with Gasteiger partial charge in [0.2, 0.25) is 0 Å². The summed E-state index contributed by atoms with van der Waals surface area (Å²) in [4.78, 5) is 32.6. The molecule has 10 heteroatoms. The summed E-state index contributed by atoms with van der Waals surface area (Å²) < 4.78 is 14.8. The van der Waals surface area contributed by atoms with E-state index in [1.165, 1.54) is 0 Å². The summed E-state index contributed by atoms with van der Waals surface area (Å²) in [6, 6.07) is 0. The van der Waals surface area contributed by atoms with Gasteiger partial charge in [0.25, 0.3) is 0 Å². The molecule has 0 saturated heterocycles. The Morgan fingerprint density at radius 2 is 0.947 bits per heavy atom. The molecular weight excluding hydrogens is 559 g/mol. The third-order valence-electron chi connectivity index (χ3n) is 1.61. The Morgan fingerprint density at radius 1 is 0.737 bits per heavy atom. The van der Waals surface area contributed by atoms with Crippen molar-refractivity contribution < 1.29 is 22.9 Å². The first-order valence-corrected chi connectivity index (χ1v) is 12.0. The third-order valence-corrected chi connectivity index (χ3v) is 6.37. The SMILES string of the molecule is CC(Br)C(=O)[O][In]([O]C(=O)C(C)Br)[O]C(=O)C(C)Br. The Hall–Kier alpha value is 0.720. The van der Waals surface area contributed by atoms with Crippen molar-refractivity contribution in [3.05, 3.63) is 0 Å². The van der Waals surface area contributed by atoms with Gasteiger partial charge in [-0.1, -0.05) is 0 Å². The van der Waals surface area contributed by atoms with E-state index < -0.39 is 55.1 Å². The molecule has 0 fully saturated rings. The molecule has 19 heavy (non-hydrogen) atoms. The fraction of sp³-hybridized carbons (Fsp3) is 0.667. The van der Waals surface area contributed by atoms with Crippen LogP contribution >= 0.6 is 47.8 Å². The van der Waals surface area contributed by atoms with Crippen LogP contribution < -0.4 is 0 Å². The maximum atomic E-state index is 11.4. The van der Waals surface area contributed by atoms with Crippen molar-refractivity contribution in [3.63, 3.8) is 0 Å². The summed E-state index contributed by atoms with van der Waals surface area (Å²) in [5.41, 5.74) is 0. The van der Waals surface area contributed by atoms with E-state index in [4.69, 9.17) is 8.56 Å². The van der Waals surface area contributed by atoms with Crippen LogP contribution in [0, 0.1) is 0 Å². The molecule has 0 bridgehead atoms. The second-order valence-electron chi connectivity index (χ2n) is 3.45. The fourth-order valence-corrected chi connectivity index (χ4v) is 6.45. The van der Waals surface area contributed by atoms with Gasteiger partial charge in [-0.2, -0.15) is 0 Å². The molecule has 0 aliphatic carbocycles. The van der Waals surface area contributed by atoms with E-state index in [9.17, 15) is 14.4 Å². The van der Waals surface area contributed by atoms with Crippen LogP contribution in [0.3, 0.4) is 0 Å². The van der Waals surface area contributed by atoms with E-state index in [0.29, 0.717) is 0 Å². The molecule has 3 atom stereocenters. The van der Waals surface area contributed by atoms with E-state index in [1.807, 2.05) is 0 Å². The van der Waals surface area contributed by atoms with Crippen molar-refractivity contribution in [1.82, 2.24) is 0 Å². The molecule has 0 saturated carbocycles. The Kier molecular flexibility index (Phi) is 9.98. The molecule has 0 spiro atoms. The first-order valence-electron chi connectivity index (χ1n) is 5.18. The van der Waals surface area contributed by atoms with Crippen molar-refractivity contribution in [3.8, 4) is 0 Å². The zero-order chi connectivity index (χ0) is 15.2. The van der Waals surface area contributed by atoms with Gasteiger partial charge in [0.05, 0.1) is 0 Å². The standard InChI is InChI=1S/3C3H5BrO2.In/c3*1-2(4)3(5)6;/h3*2H,1H3,(H,5,6);/q;;;+3/p-3. The summed E-state index contributed by atoms with van der Waals surface area (Å²) in [6.07, 6.45) is 0. The van der Waals surface area contributed by atoms with Crippen LogP contribution in [0.4, 0.5) is 0 Å². The Bertz CT molecular complexity index is 295. The molecule has 0 rings (SSSR count). The molecular formula is C9H12Br3InO6. The van der Waals surface area contributed by atoms with E-state index in [1.54, 1.807) is 20.8 Å². The van der Waals surface area contributed by atoms with Crippen molar-refractivity contribution in [2.45, 2.75) is 35.3 Å². The summed E-state index contributed by atoms with van der Waals surface area (Å²) in [5.74, 6) is -1.90. The predicted molar refractivity (Wildman–Crippen MR) is 79.2 cm³/mol. The molecule has 108 valence electrons. The maximum absolute atomic E-state index is 11.4. The topological polar surface area (TPSA) is 78.9 Å². The van der Waals surface area contributed by atoms with Crippen LogP contribution in [0.5, 0.6) is 0 Å². The quantitative estimate of drug-likeness (QED) is 0.455. The van der Waals surface area contributed by atoms with Crippen molar-refractivity contribution in [1.29, 1.82) is 0 Å². The van der Waals surface area contributed by atoms with E-state index in [2.05, 4.69) is 47.8 Å². The van der Waals surface area contributed by atoms with Gasteiger partial charge in [0.1, 0.15) is 0 Å². The average molecular weight is 571 g/mol. The summed E-state index contributed by atoms with van der Waals surface area (Å²) in [5, 5.41) is 0. The summed E-state index contributed by atoms with van der Waals surface area (Å²) in [7, 11) is 0. The second kappa shape index (κ2) is 9.62. The van der Waals surface area contributed by atoms with Crippen LogP contribution in [-0.4, -0.2) is 55.1 Å². The van der Waals surface area contributed by atoms with Gasteiger partial charge < -0.3 is 0 Å². The molecule has 6 nitrogen and oxygen atoms in total. The zero-order valence-electron chi connectivity index (χ0n) is 10.4. The average Bonchev–Trinajstić information content (AvgIpc) is 2.27. The molecule has 0 aromatic rings. The number of halogens is 3. The Balaban J connectivity index is 4.68. The fourth-order valence-electron chi connectivity index (χ4n) is 0.638. The van der Waals surface area contributed by atoms with Crippen molar-refractivity contribution in [2.75, 3.05) is 0 Å². The van der Waals surface area contributed by atoms with Crippen molar-refractivity contribution in [2.24, 2.45) is 0 Å². The Labute approximate surface area is 145 Å².